The molecule has 1 aromatic carbocycles. The number of fused-ring (bicyclic) bond motifs is 1. The minimum absolute atomic E-state index is 0.0557. The molecule has 102 valence electrons. The lowest BCUT2D eigenvalue weighted by Crippen LogP contribution is -2.26. The van der Waals surface area contributed by atoms with Crippen LogP contribution in [-0.4, -0.2) is 30.7 Å². The van der Waals surface area contributed by atoms with E-state index in [0.717, 1.165) is 10.9 Å². The van der Waals surface area contributed by atoms with Crippen molar-refractivity contribution in [3.8, 4) is 0 Å². The van der Waals surface area contributed by atoms with E-state index in [1.165, 1.54) is 11.3 Å². The van der Waals surface area contributed by atoms with Gasteiger partial charge in [0.1, 0.15) is 0 Å². The third kappa shape index (κ3) is 2.49. The number of ether oxygens (including phenoxy) is 1. The zero-order valence-electron chi connectivity index (χ0n) is 11.9. The number of hydrogen-bond donors (Lipinski definition) is 1. The van der Waals surface area contributed by atoms with Crippen molar-refractivity contribution in [2.75, 3.05) is 20.3 Å². The summed E-state index contributed by atoms with van der Waals surface area (Å²) in [6.07, 6.45) is 0. The van der Waals surface area contributed by atoms with E-state index >= 15 is 0 Å². The predicted octanol–water partition coefficient (Wildman–Crippen LogP) is 2.17. The lowest BCUT2D eigenvalue weighted by Gasteiger charge is -2.05. The summed E-state index contributed by atoms with van der Waals surface area (Å²) in [7, 11) is 3.66. The van der Waals surface area contributed by atoms with Crippen molar-refractivity contribution >= 4 is 16.8 Å². The third-order valence-corrected chi connectivity index (χ3v) is 3.66. The Morgan fingerprint density at radius 2 is 2.11 bits per heavy atom. The number of nitrogens with one attached hydrogen (secondary N) is 1. The summed E-state index contributed by atoms with van der Waals surface area (Å²) in [5, 5.41) is 3.97. The van der Waals surface area contributed by atoms with Gasteiger partial charge in [0.15, 0.2) is 0 Å². The number of nitrogens with zero attached hydrogens (tertiary/aromatic N) is 1. The average Bonchev–Trinajstić information content (AvgIpc) is 2.64. The minimum atomic E-state index is -0.0557. The highest BCUT2D eigenvalue weighted by Gasteiger charge is 2.11. The zero-order valence-corrected chi connectivity index (χ0v) is 11.9. The SMILES string of the molecule is COCCNC(=O)c1ccc2c(c1)c(C)c(C)n2C. The van der Waals surface area contributed by atoms with Crippen molar-refractivity contribution in [1.82, 2.24) is 9.88 Å². The number of methoxy groups -OCH3 is 1. The van der Waals surface area contributed by atoms with Crippen LogP contribution in [0.15, 0.2) is 18.2 Å². The Kier molecular flexibility index (Phi) is 3.90. The Balaban J connectivity index is 2.31. The summed E-state index contributed by atoms with van der Waals surface area (Å²) in [4.78, 5) is 12.0. The molecule has 0 unspecified atom stereocenters. The second-order valence-corrected chi connectivity index (χ2v) is 4.75. The molecule has 1 N–H and O–H groups in total. The van der Waals surface area contributed by atoms with Crippen molar-refractivity contribution in [3.63, 3.8) is 0 Å². The standard InChI is InChI=1S/C15H20N2O2/c1-10-11(2)17(3)14-6-5-12(9-13(10)14)15(18)16-7-8-19-4/h5-6,9H,7-8H2,1-4H3,(H,16,18). The molecule has 0 aliphatic heterocycles. The fourth-order valence-corrected chi connectivity index (χ4v) is 2.27. The summed E-state index contributed by atoms with van der Waals surface area (Å²) in [6, 6.07) is 5.82. The molecule has 2 rings (SSSR count). The van der Waals surface area contributed by atoms with E-state index in [-0.39, 0.29) is 5.91 Å². The van der Waals surface area contributed by atoms with Crippen molar-refractivity contribution in [2.24, 2.45) is 7.05 Å². The molecule has 1 heterocycles. The van der Waals surface area contributed by atoms with Crippen LogP contribution in [0, 0.1) is 13.8 Å². The zero-order chi connectivity index (χ0) is 14.0. The van der Waals surface area contributed by atoms with Gasteiger partial charge < -0.3 is 14.6 Å². The van der Waals surface area contributed by atoms with Crippen LogP contribution < -0.4 is 5.32 Å². The van der Waals surface area contributed by atoms with Crippen molar-refractivity contribution in [3.05, 3.63) is 35.0 Å². The highest BCUT2D eigenvalue weighted by atomic mass is 16.5. The summed E-state index contributed by atoms with van der Waals surface area (Å²) >= 11 is 0. The predicted molar refractivity (Wildman–Crippen MR) is 76.6 cm³/mol. The summed E-state index contributed by atoms with van der Waals surface area (Å²) < 4.78 is 7.07. The molecule has 0 saturated heterocycles. The van der Waals surface area contributed by atoms with Gasteiger partial charge in [0.05, 0.1) is 6.61 Å². The molecule has 1 amide bonds. The van der Waals surface area contributed by atoms with Gasteiger partial charge in [-0.2, -0.15) is 0 Å². The van der Waals surface area contributed by atoms with Gasteiger partial charge in [-0.05, 0) is 37.6 Å². The van der Waals surface area contributed by atoms with Gasteiger partial charge in [-0.1, -0.05) is 0 Å². The molecule has 1 aromatic heterocycles. The van der Waals surface area contributed by atoms with Crippen LogP contribution >= 0.6 is 0 Å². The third-order valence-electron chi connectivity index (χ3n) is 3.66. The first-order valence-corrected chi connectivity index (χ1v) is 6.39. The summed E-state index contributed by atoms with van der Waals surface area (Å²) in [5.41, 5.74) is 4.30. The number of aryl methyl sites for hydroxylation is 2. The number of hydrogen-bond acceptors (Lipinski definition) is 2. The average molecular weight is 260 g/mol. The van der Waals surface area contributed by atoms with Crippen molar-refractivity contribution in [2.45, 2.75) is 13.8 Å². The largest absolute Gasteiger partial charge is 0.383 e. The maximum Gasteiger partial charge on any atom is 0.251 e. The first-order chi connectivity index (χ1) is 9.06. The number of rotatable bonds is 4. The highest BCUT2D eigenvalue weighted by Crippen LogP contribution is 2.25. The molecule has 19 heavy (non-hydrogen) atoms. The monoisotopic (exact) mass is 260 g/mol. The van der Waals surface area contributed by atoms with E-state index in [1.807, 2.05) is 25.2 Å². The van der Waals surface area contributed by atoms with Gasteiger partial charge >= 0.3 is 0 Å². The van der Waals surface area contributed by atoms with Gasteiger partial charge in [-0.15, -0.1) is 0 Å². The molecule has 0 aliphatic carbocycles. The highest BCUT2D eigenvalue weighted by molar-refractivity contribution is 5.99. The van der Waals surface area contributed by atoms with Crippen LogP contribution in [0.1, 0.15) is 21.6 Å². The smallest absolute Gasteiger partial charge is 0.251 e. The number of benzene rings is 1. The van der Waals surface area contributed by atoms with E-state index in [4.69, 9.17) is 4.74 Å². The maximum atomic E-state index is 12.0. The van der Waals surface area contributed by atoms with Gasteiger partial charge in [-0.3, -0.25) is 4.79 Å². The molecule has 4 heteroatoms. The molecule has 0 spiro atoms. The fraction of sp³-hybridized carbons (Fsp3) is 0.400. The van der Waals surface area contributed by atoms with Gasteiger partial charge in [-0.25, -0.2) is 0 Å². The number of aromatic nitrogens is 1. The van der Waals surface area contributed by atoms with Crippen LogP contribution in [0.3, 0.4) is 0 Å². The van der Waals surface area contributed by atoms with Crippen LogP contribution in [0.2, 0.25) is 0 Å². The van der Waals surface area contributed by atoms with Crippen molar-refractivity contribution < 1.29 is 9.53 Å². The Bertz CT molecular complexity index is 614. The van der Waals surface area contributed by atoms with Crippen molar-refractivity contribution in [1.29, 1.82) is 0 Å². The summed E-state index contributed by atoms with van der Waals surface area (Å²) in [6.45, 7) is 5.23. The van der Waals surface area contributed by atoms with E-state index < -0.39 is 0 Å². The minimum Gasteiger partial charge on any atom is -0.383 e. The quantitative estimate of drug-likeness (QED) is 0.856. The second-order valence-electron chi connectivity index (χ2n) is 4.75. The molecule has 0 atom stereocenters. The number of carbonyl (C=O) groups excluding carboxylic acids is 1. The maximum absolute atomic E-state index is 12.0. The lowest BCUT2D eigenvalue weighted by molar-refractivity contribution is 0.0937. The van der Waals surface area contributed by atoms with E-state index in [2.05, 4.69) is 23.7 Å². The number of amides is 1. The van der Waals surface area contributed by atoms with Crippen LogP contribution in [0.25, 0.3) is 10.9 Å². The first kappa shape index (κ1) is 13.6. The molecular weight excluding hydrogens is 240 g/mol. The molecule has 0 saturated carbocycles. The van der Waals surface area contributed by atoms with Gasteiger partial charge in [0.2, 0.25) is 0 Å². The van der Waals surface area contributed by atoms with E-state index in [0.29, 0.717) is 18.7 Å². The van der Waals surface area contributed by atoms with Crippen LogP contribution in [-0.2, 0) is 11.8 Å². The van der Waals surface area contributed by atoms with E-state index in [9.17, 15) is 4.79 Å². The fourth-order valence-electron chi connectivity index (χ4n) is 2.27. The molecule has 0 radical (unpaired) electrons. The van der Waals surface area contributed by atoms with Gasteiger partial charge in [0, 0.05) is 42.9 Å². The molecule has 0 fully saturated rings. The topological polar surface area (TPSA) is 43.3 Å². The molecule has 0 bridgehead atoms. The van der Waals surface area contributed by atoms with Gasteiger partial charge in [0.25, 0.3) is 5.91 Å². The molecule has 4 nitrogen and oxygen atoms in total. The lowest BCUT2D eigenvalue weighted by atomic mass is 10.1. The Morgan fingerprint density at radius 3 is 2.79 bits per heavy atom. The molecule has 2 aromatic rings. The van der Waals surface area contributed by atoms with E-state index in [1.54, 1.807) is 7.11 Å². The first-order valence-electron chi connectivity index (χ1n) is 6.39. The second kappa shape index (κ2) is 5.45. The number of carbonyl (C=O) groups is 1. The Hall–Kier alpha value is -1.81. The molecular formula is C15H20N2O2. The Labute approximate surface area is 113 Å². The summed E-state index contributed by atoms with van der Waals surface area (Å²) in [5.74, 6) is -0.0557. The van der Waals surface area contributed by atoms with Crippen LogP contribution in [0.4, 0.5) is 0 Å². The molecule has 0 aliphatic rings. The normalized spacial score (nSPS) is 10.9. The Morgan fingerprint density at radius 1 is 1.37 bits per heavy atom. The van der Waals surface area contributed by atoms with Crippen LogP contribution in [0.5, 0.6) is 0 Å².